The maximum absolute atomic E-state index is 13.1. The van der Waals surface area contributed by atoms with Gasteiger partial charge in [0.05, 0.1) is 37.1 Å². The van der Waals surface area contributed by atoms with E-state index in [2.05, 4.69) is 45.1 Å². The van der Waals surface area contributed by atoms with Crippen LogP contribution in [0.15, 0.2) is 77.8 Å². The van der Waals surface area contributed by atoms with E-state index >= 15 is 0 Å². The lowest BCUT2D eigenvalue weighted by molar-refractivity contribution is 0.0774. The molecule has 1 amide bonds. The summed E-state index contributed by atoms with van der Waals surface area (Å²) in [5, 5.41) is 10.5. The third kappa shape index (κ3) is 10.0. The summed E-state index contributed by atoms with van der Waals surface area (Å²) in [6.45, 7) is 6.63. The molecule has 0 aromatic heterocycles. The average molecular weight is 766 g/mol. The highest BCUT2D eigenvalue weighted by Crippen LogP contribution is 2.39. The predicted octanol–water partition coefficient (Wildman–Crippen LogP) is 9.05. The smallest absolute Gasteiger partial charge is 0.256 e. The molecule has 0 bridgehead atoms. The first-order valence-electron chi connectivity index (χ1n) is 19.9. The molecule has 54 heavy (non-hydrogen) atoms. The number of methoxy groups -OCH3 is 1. The standard InChI is InChI=1S/C44H55N5O3S2/c1-51-40-31-38-39(46-33-37-21-16-24-49(37)42(38)50)32-41(40)52-29-15-7-5-3-2-4-6-14-23-47-25-27-48(28-26-47)43(53)54-30-22-44(34-45,35-17-10-8-11-18-35)36-19-12-9-13-20-36/h8-13,17-20,31-33,37H,2-7,14-16,21-30H2,1H3/t37-/m0/s1. The minimum Gasteiger partial charge on any atom is -0.493 e. The van der Waals surface area contributed by atoms with Crippen LogP contribution in [0.25, 0.3) is 0 Å². The van der Waals surface area contributed by atoms with Gasteiger partial charge in [0, 0.05) is 50.8 Å². The number of unbranched alkanes of at least 4 members (excludes halogenated alkanes) is 7. The molecule has 2 saturated heterocycles. The van der Waals surface area contributed by atoms with Crippen LogP contribution in [0.4, 0.5) is 5.69 Å². The number of nitriles is 1. The summed E-state index contributed by atoms with van der Waals surface area (Å²) in [6.07, 6.45) is 14.3. The quantitative estimate of drug-likeness (QED) is 0.0938. The number of rotatable bonds is 18. The summed E-state index contributed by atoms with van der Waals surface area (Å²) in [5.74, 6) is 2.09. The Labute approximate surface area is 331 Å². The van der Waals surface area contributed by atoms with E-state index in [1.54, 1.807) is 24.9 Å². The van der Waals surface area contributed by atoms with E-state index in [1.807, 2.05) is 53.6 Å². The van der Waals surface area contributed by atoms with Gasteiger partial charge in [0.1, 0.15) is 9.74 Å². The van der Waals surface area contributed by atoms with Crippen molar-refractivity contribution in [2.75, 3.05) is 58.7 Å². The number of amides is 1. The Bertz CT molecular complexity index is 1700. The highest BCUT2D eigenvalue weighted by Gasteiger charge is 2.35. The minimum atomic E-state index is -0.685. The fourth-order valence-corrected chi connectivity index (χ4v) is 9.30. The number of carbonyl (C=O) groups excluding carboxylic acids is 1. The number of aliphatic imine (C=N–C) groups is 1. The Morgan fingerprint density at radius 2 is 1.54 bits per heavy atom. The zero-order valence-electron chi connectivity index (χ0n) is 31.8. The number of piperazine rings is 1. The van der Waals surface area contributed by atoms with Crippen LogP contribution in [0.1, 0.15) is 92.1 Å². The van der Waals surface area contributed by atoms with E-state index in [0.717, 1.165) is 86.2 Å². The molecule has 3 aliphatic rings. The van der Waals surface area contributed by atoms with Gasteiger partial charge in [-0.25, -0.2) is 0 Å². The molecule has 0 spiro atoms. The van der Waals surface area contributed by atoms with Gasteiger partial charge in [0.2, 0.25) is 0 Å². The van der Waals surface area contributed by atoms with Crippen molar-refractivity contribution in [3.8, 4) is 17.6 Å². The molecular formula is C44H55N5O3S2. The lowest BCUT2D eigenvalue weighted by Gasteiger charge is -2.36. The molecular weight excluding hydrogens is 711 g/mol. The minimum absolute atomic E-state index is 0.0316. The Hall–Kier alpha value is -3.91. The lowest BCUT2D eigenvalue weighted by atomic mass is 9.74. The Morgan fingerprint density at radius 1 is 0.889 bits per heavy atom. The average Bonchev–Trinajstić information content (AvgIpc) is 3.65. The van der Waals surface area contributed by atoms with E-state index in [4.69, 9.17) is 21.7 Å². The number of thiocarbonyl (C=S) groups is 1. The molecule has 1 atom stereocenters. The second kappa shape index (κ2) is 20.1. The molecule has 0 unspecified atom stereocenters. The van der Waals surface area contributed by atoms with Crippen LogP contribution >= 0.6 is 24.0 Å². The van der Waals surface area contributed by atoms with Crippen molar-refractivity contribution in [2.24, 2.45) is 4.99 Å². The normalized spacial score (nSPS) is 17.1. The molecule has 3 aromatic rings. The van der Waals surface area contributed by atoms with Gasteiger partial charge < -0.3 is 19.3 Å². The molecule has 0 radical (unpaired) electrons. The summed E-state index contributed by atoms with van der Waals surface area (Å²) < 4.78 is 12.7. The van der Waals surface area contributed by atoms with Gasteiger partial charge in [-0.3, -0.25) is 14.7 Å². The molecule has 0 aliphatic carbocycles. The number of hydrogen-bond donors (Lipinski definition) is 0. The number of hydrogen-bond acceptors (Lipinski definition) is 8. The summed E-state index contributed by atoms with van der Waals surface area (Å²) in [5.41, 5.74) is 2.66. The van der Waals surface area contributed by atoms with Crippen LogP contribution in [0.5, 0.6) is 11.5 Å². The topological polar surface area (TPSA) is 81.4 Å². The second-order valence-corrected chi connectivity index (χ2v) is 16.4. The van der Waals surface area contributed by atoms with Crippen LogP contribution in [-0.4, -0.2) is 95.9 Å². The van der Waals surface area contributed by atoms with Gasteiger partial charge in [-0.05, 0) is 55.8 Å². The molecule has 3 aliphatic heterocycles. The first-order chi connectivity index (χ1) is 26.5. The van der Waals surface area contributed by atoms with Crippen molar-refractivity contribution < 1.29 is 14.3 Å². The van der Waals surface area contributed by atoms with Crippen molar-refractivity contribution in [1.82, 2.24) is 14.7 Å². The van der Waals surface area contributed by atoms with Crippen molar-refractivity contribution in [3.63, 3.8) is 0 Å². The number of ether oxygens (including phenoxy) is 2. The monoisotopic (exact) mass is 765 g/mol. The second-order valence-electron chi connectivity index (χ2n) is 14.6. The SMILES string of the molecule is COc1cc2c(cc1OCCCCCCCCCCN1CCN(C(=S)SCCC(C#N)(c3ccccc3)c3ccccc3)CC1)N=C[C@@H]1CCCN1C2=O. The van der Waals surface area contributed by atoms with Crippen LogP contribution in [-0.2, 0) is 5.41 Å². The maximum Gasteiger partial charge on any atom is 0.256 e. The zero-order chi connectivity index (χ0) is 37.6. The third-order valence-corrected chi connectivity index (χ3v) is 12.7. The highest BCUT2D eigenvalue weighted by molar-refractivity contribution is 8.22. The Morgan fingerprint density at radius 3 is 2.19 bits per heavy atom. The Balaban J connectivity index is 0.807. The molecule has 3 aromatic carbocycles. The van der Waals surface area contributed by atoms with Crippen LogP contribution < -0.4 is 9.47 Å². The van der Waals surface area contributed by atoms with Crippen molar-refractivity contribution >= 4 is 46.1 Å². The zero-order valence-corrected chi connectivity index (χ0v) is 33.4. The van der Waals surface area contributed by atoms with Gasteiger partial charge in [-0.2, -0.15) is 5.26 Å². The summed E-state index contributed by atoms with van der Waals surface area (Å²) in [7, 11) is 1.62. The molecule has 10 heteroatoms. The van der Waals surface area contributed by atoms with Gasteiger partial charge in [0.25, 0.3) is 5.91 Å². The summed E-state index contributed by atoms with van der Waals surface area (Å²) >= 11 is 7.60. The van der Waals surface area contributed by atoms with Gasteiger partial charge in [-0.1, -0.05) is 123 Å². The summed E-state index contributed by atoms with van der Waals surface area (Å²) in [4.78, 5) is 24.6. The number of nitrogens with zero attached hydrogens (tertiary/aromatic N) is 5. The molecule has 286 valence electrons. The van der Waals surface area contributed by atoms with E-state index in [-0.39, 0.29) is 11.9 Å². The van der Waals surface area contributed by atoms with Crippen LogP contribution in [0, 0.1) is 11.3 Å². The van der Waals surface area contributed by atoms with Crippen LogP contribution in [0.2, 0.25) is 0 Å². The van der Waals surface area contributed by atoms with Gasteiger partial charge in [0.15, 0.2) is 11.5 Å². The number of thioether (sulfide) groups is 1. The molecule has 0 N–H and O–H groups in total. The van der Waals surface area contributed by atoms with E-state index in [0.29, 0.717) is 35.8 Å². The maximum atomic E-state index is 13.1. The summed E-state index contributed by atoms with van der Waals surface area (Å²) in [6, 6.07) is 26.8. The fourth-order valence-electron chi connectivity index (χ4n) is 7.92. The largest absolute Gasteiger partial charge is 0.493 e. The number of fused-ring (bicyclic) bond motifs is 2. The first kappa shape index (κ1) is 39.8. The van der Waals surface area contributed by atoms with Gasteiger partial charge >= 0.3 is 0 Å². The van der Waals surface area contributed by atoms with E-state index in [9.17, 15) is 10.1 Å². The number of carbonyl (C=O) groups is 1. The molecule has 0 saturated carbocycles. The lowest BCUT2D eigenvalue weighted by Crippen LogP contribution is -2.47. The number of benzene rings is 3. The van der Waals surface area contributed by atoms with Crippen LogP contribution in [0.3, 0.4) is 0 Å². The predicted molar refractivity (Wildman–Crippen MR) is 225 cm³/mol. The van der Waals surface area contributed by atoms with Crippen molar-refractivity contribution in [3.05, 3.63) is 89.5 Å². The van der Waals surface area contributed by atoms with E-state index < -0.39 is 5.41 Å². The van der Waals surface area contributed by atoms with Crippen molar-refractivity contribution in [1.29, 1.82) is 5.26 Å². The molecule has 8 nitrogen and oxygen atoms in total. The van der Waals surface area contributed by atoms with Gasteiger partial charge in [-0.15, -0.1) is 0 Å². The highest BCUT2D eigenvalue weighted by atomic mass is 32.2. The first-order valence-corrected chi connectivity index (χ1v) is 21.3. The third-order valence-electron chi connectivity index (χ3n) is 11.1. The van der Waals surface area contributed by atoms with E-state index in [1.165, 1.54) is 38.5 Å². The molecule has 6 rings (SSSR count). The molecule has 3 heterocycles. The van der Waals surface area contributed by atoms with Crippen molar-refractivity contribution in [2.45, 2.75) is 82.1 Å². The Kier molecular flexibility index (Phi) is 14.8. The fraction of sp³-hybridized carbons (Fsp3) is 0.500. The molecule has 2 fully saturated rings.